The van der Waals surface area contributed by atoms with Gasteiger partial charge in [-0.05, 0) is 23.0 Å². The molecule has 92 valence electrons. The lowest BCUT2D eigenvalue weighted by Crippen LogP contribution is -2.29. The summed E-state index contributed by atoms with van der Waals surface area (Å²) in [5.41, 5.74) is 0.580. The second-order valence-corrected chi connectivity index (χ2v) is 5.72. The van der Waals surface area contributed by atoms with Gasteiger partial charge in [0.15, 0.2) is 0 Å². The van der Waals surface area contributed by atoms with E-state index in [9.17, 15) is 9.18 Å². The highest BCUT2D eigenvalue weighted by Crippen LogP contribution is 2.62. The van der Waals surface area contributed by atoms with Gasteiger partial charge in [0.1, 0.15) is 0 Å². The van der Waals surface area contributed by atoms with E-state index >= 15 is 0 Å². The zero-order valence-corrected chi connectivity index (χ0v) is 10.5. The molecule has 4 heteroatoms. The van der Waals surface area contributed by atoms with Crippen LogP contribution in [0.15, 0.2) is 18.3 Å². The van der Waals surface area contributed by atoms with Gasteiger partial charge in [-0.2, -0.15) is 4.39 Å². The number of amides is 1. The molecule has 0 saturated heterocycles. The first-order chi connectivity index (χ1) is 7.76. The third kappa shape index (κ3) is 1.81. The van der Waals surface area contributed by atoms with Crippen LogP contribution < -0.4 is 5.32 Å². The van der Waals surface area contributed by atoms with Crippen molar-refractivity contribution in [3.63, 3.8) is 0 Å². The van der Waals surface area contributed by atoms with Gasteiger partial charge in [0.2, 0.25) is 5.95 Å². The first kappa shape index (κ1) is 12.0. The standard InChI is InChI=1S/C13H17FN2O/c1-12(2)11(13(12,3)4)16-10(17)8-5-6-9(14)15-7-8/h5-7,11H,1-4H3,(H,16,17). The second kappa shape index (κ2) is 3.52. The molecule has 0 atom stereocenters. The van der Waals surface area contributed by atoms with Crippen LogP contribution >= 0.6 is 0 Å². The molecule has 1 saturated carbocycles. The van der Waals surface area contributed by atoms with E-state index in [0.717, 1.165) is 0 Å². The summed E-state index contributed by atoms with van der Waals surface area (Å²) < 4.78 is 12.6. The van der Waals surface area contributed by atoms with E-state index in [1.807, 2.05) is 0 Å². The molecule has 0 spiro atoms. The molecular formula is C13H17FN2O. The van der Waals surface area contributed by atoms with Crippen LogP contribution in [0.25, 0.3) is 0 Å². The average Bonchev–Trinajstić information content (AvgIpc) is 2.62. The Bertz CT molecular complexity index is 437. The third-order valence-corrected chi connectivity index (χ3v) is 4.29. The van der Waals surface area contributed by atoms with Crippen LogP contribution in [0.2, 0.25) is 0 Å². The summed E-state index contributed by atoms with van der Waals surface area (Å²) in [5, 5.41) is 2.97. The molecule has 1 fully saturated rings. The lowest BCUT2D eigenvalue weighted by molar-refractivity contribution is 0.0943. The molecule has 0 bridgehead atoms. The third-order valence-electron chi connectivity index (χ3n) is 4.29. The maximum Gasteiger partial charge on any atom is 0.253 e. The van der Waals surface area contributed by atoms with Crippen molar-refractivity contribution < 1.29 is 9.18 Å². The van der Waals surface area contributed by atoms with E-state index in [4.69, 9.17) is 0 Å². The van der Waals surface area contributed by atoms with Crippen LogP contribution in [-0.4, -0.2) is 16.9 Å². The molecule has 17 heavy (non-hydrogen) atoms. The Morgan fingerprint density at radius 2 is 1.88 bits per heavy atom. The van der Waals surface area contributed by atoms with Gasteiger partial charge in [0.25, 0.3) is 5.91 Å². The van der Waals surface area contributed by atoms with Gasteiger partial charge in [-0.15, -0.1) is 0 Å². The number of carbonyl (C=O) groups is 1. The molecule has 1 N–H and O–H groups in total. The number of nitrogens with one attached hydrogen (secondary N) is 1. The van der Waals surface area contributed by atoms with Crippen LogP contribution in [-0.2, 0) is 0 Å². The zero-order chi connectivity index (χ0) is 12.8. The summed E-state index contributed by atoms with van der Waals surface area (Å²) in [5.74, 6) is -0.769. The van der Waals surface area contributed by atoms with Crippen molar-refractivity contribution in [2.75, 3.05) is 0 Å². The Morgan fingerprint density at radius 1 is 1.29 bits per heavy atom. The number of hydrogen-bond donors (Lipinski definition) is 1. The summed E-state index contributed by atoms with van der Waals surface area (Å²) in [6, 6.07) is 2.78. The molecule has 1 aliphatic rings. The predicted molar refractivity (Wildman–Crippen MR) is 63.0 cm³/mol. The monoisotopic (exact) mass is 236 g/mol. The molecule has 1 aliphatic carbocycles. The molecular weight excluding hydrogens is 219 g/mol. The van der Waals surface area contributed by atoms with Crippen LogP contribution in [0, 0.1) is 16.8 Å². The Balaban J connectivity index is 2.07. The van der Waals surface area contributed by atoms with Gasteiger partial charge in [-0.25, -0.2) is 4.98 Å². The largest absolute Gasteiger partial charge is 0.348 e. The van der Waals surface area contributed by atoms with Crippen molar-refractivity contribution in [1.82, 2.24) is 10.3 Å². The highest BCUT2D eigenvalue weighted by atomic mass is 19.1. The number of aromatic nitrogens is 1. The van der Waals surface area contributed by atoms with Crippen LogP contribution in [0.3, 0.4) is 0 Å². The van der Waals surface area contributed by atoms with Gasteiger partial charge in [-0.3, -0.25) is 4.79 Å². The number of rotatable bonds is 2. The maximum atomic E-state index is 12.6. The summed E-state index contributed by atoms with van der Waals surface area (Å²) in [6.45, 7) is 8.50. The molecule has 0 radical (unpaired) electrons. The molecule has 3 nitrogen and oxygen atoms in total. The van der Waals surface area contributed by atoms with Crippen molar-refractivity contribution in [2.24, 2.45) is 10.8 Å². The van der Waals surface area contributed by atoms with Crippen molar-refractivity contribution in [3.05, 3.63) is 29.8 Å². The first-order valence-electron chi connectivity index (χ1n) is 5.69. The van der Waals surface area contributed by atoms with E-state index in [-0.39, 0.29) is 22.8 Å². The van der Waals surface area contributed by atoms with Crippen molar-refractivity contribution >= 4 is 5.91 Å². The summed E-state index contributed by atoms with van der Waals surface area (Å²) >= 11 is 0. The highest BCUT2D eigenvalue weighted by molar-refractivity contribution is 5.94. The average molecular weight is 236 g/mol. The molecule has 0 aliphatic heterocycles. The number of halogens is 1. The molecule has 1 aromatic heterocycles. The molecule has 1 amide bonds. The minimum atomic E-state index is -0.575. The van der Waals surface area contributed by atoms with Gasteiger partial charge in [0, 0.05) is 12.2 Å². The molecule has 1 aromatic rings. The zero-order valence-electron chi connectivity index (χ0n) is 10.5. The minimum absolute atomic E-state index is 0.0934. The number of carbonyl (C=O) groups excluding carboxylic acids is 1. The Kier molecular flexibility index (Phi) is 2.49. The van der Waals surface area contributed by atoms with Gasteiger partial charge in [0.05, 0.1) is 5.56 Å². The Hall–Kier alpha value is -1.45. The summed E-state index contributed by atoms with van der Waals surface area (Å²) in [4.78, 5) is 15.4. The SMILES string of the molecule is CC1(C)C(NC(=O)c2ccc(F)nc2)C1(C)C. The van der Waals surface area contributed by atoms with E-state index in [1.165, 1.54) is 18.3 Å². The van der Waals surface area contributed by atoms with Crippen LogP contribution in [0.1, 0.15) is 38.1 Å². The summed E-state index contributed by atoms with van der Waals surface area (Å²) in [6.07, 6.45) is 1.26. The Morgan fingerprint density at radius 3 is 2.29 bits per heavy atom. The maximum absolute atomic E-state index is 12.6. The van der Waals surface area contributed by atoms with Crippen molar-refractivity contribution in [2.45, 2.75) is 33.7 Å². The van der Waals surface area contributed by atoms with E-state index in [2.05, 4.69) is 38.0 Å². The van der Waals surface area contributed by atoms with Crippen LogP contribution in [0.5, 0.6) is 0 Å². The Labute approximate surface area is 100 Å². The first-order valence-corrected chi connectivity index (χ1v) is 5.69. The van der Waals surface area contributed by atoms with E-state index in [0.29, 0.717) is 5.56 Å². The fourth-order valence-electron chi connectivity index (χ4n) is 2.28. The fraction of sp³-hybridized carbons (Fsp3) is 0.538. The molecule has 1 heterocycles. The normalized spacial score (nSPS) is 21.0. The quantitative estimate of drug-likeness (QED) is 0.801. The van der Waals surface area contributed by atoms with E-state index < -0.39 is 5.95 Å². The number of nitrogens with zero attached hydrogens (tertiary/aromatic N) is 1. The predicted octanol–water partition coefficient (Wildman–Crippen LogP) is 2.39. The molecule has 0 unspecified atom stereocenters. The highest BCUT2D eigenvalue weighted by Gasteiger charge is 2.65. The minimum Gasteiger partial charge on any atom is -0.348 e. The topological polar surface area (TPSA) is 42.0 Å². The molecule has 2 rings (SSSR count). The fourth-order valence-corrected chi connectivity index (χ4v) is 2.28. The van der Waals surface area contributed by atoms with Gasteiger partial charge >= 0.3 is 0 Å². The number of hydrogen-bond acceptors (Lipinski definition) is 2. The lowest BCUT2D eigenvalue weighted by Gasteiger charge is -2.06. The lowest BCUT2D eigenvalue weighted by atomic mass is 10.0. The summed E-state index contributed by atoms with van der Waals surface area (Å²) in [7, 11) is 0. The smallest absolute Gasteiger partial charge is 0.253 e. The van der Waals surface area contributed by atoms with Crippen molar-refractivity contribution in [3.8, 4) is 0 Å². The van der Waals surface area contributed by atoms with Gasteiger partial charge in [-0.1, -0.05) is 27.7 Å². The van der Waals surface area contributed by atoms with Crippen molar-refractivity contribution in [1.29, 1.82) is 0 Å². The van der Waals surface area contributed by atoms with Gasteiger partial charge < -0.3 is 5.32 Å². The number of pyridine rings is 1. The van der Waals surface area contributed by atoms with E-state index in [1.54, 1.807) is 0 Å². The van der Waals surface area contributed by atoms with Crippen LogP contribution in [0.4, 0.5) is 4.39 Å². The molecule has 0 aromatic carbocycles. The second-order valence-electron chi connectivity index (χ2n) is 5.72.